The number of benzene rings is 2. The second kappa shape index (κ2) is 8.70. The van der Waals surface area contributed by atoms with Gasteiger partial charge in [0.25, 0.3) is 5.91 Å². The van der Waals surface area contributed by atoms with Crippen LogP contribution in [0.5, 0.6) is 5.75 Å². The summed E-state index contributed by atoms with van der Waals surface area (Å²) in [6.07, 6.45) is 0. The summed E-state index contributed by atoms with van der Waals surface area (Å²) in [6.45, 7) is 7.37. The molecule has 0 aliphatic rings. The maximum atomic E-state index is 12.9. The van der Waals surface area contributed by atoms with Gasteiger partial charge in [0.05, 0.1) is 11.4 Å². The molecule has 0 atom stereocenters. The van der Waals surface area contributed by atoms with Crippen molar-refractivity contribution in [2.24, 2.45) is 0 Å². The number of sulfonamides is 1. The summed E-state index contributed by atoms with van der Waals surface area (Å²) < 4.78 is 45.8. The molecule has 28 heavy (non-hydrogen) atoms. The van der Waals surface area contributed by atoms with Crippen LogP contribution >= 0.6 is 0 Å². The van der Waals surface area contributed by atoms with E-state index in [2.05, 4.69) is 10.0 Å². The van der Waals surface area contributed by atoms with Crippen molar-refractivity contribution in [3.8, 4) is 5.75 Å². The molecule has 0 saturated heterocycles. The minimum atomic E-state index is -3.74. The average molecular weight is 408 g/mol. The summed E-state index contributed by atoms with van der Waals surface area (Å²) in [4.78, 5) is 12.5. The van der Waals surface area contributed by atoms with E-state index in [1.807, 2.05) is 0 Å². The van der Waals surface area contributed by atoms with Crippen molar-refractivity contribution in [1.29, 1.82) is 0 Å². The molecule has 6 nitrogen and oxygen atoms in total. The zero-order chi connectivity index (χ0) is 20.9. The molecular weight excluding hydrogens is 383 g/mol. The molecule has 152 valence electrons. The molecule has 0 spiro atoms. The van der Waals surface area contributed by atoms with Crippen LogP contribution in [0.3, 0.4) is 0 Å². The van der Waals surface area contributed by atoms with E-state index in [0.29, 0.717) is 11.3 Å². The van der Waals surface area contributed by atoms with Crippen LogP contribution in [0.1, 0.15) is 36.7 Å². The number of carbonyl (C=O) groups is 1. The van der Waals surface area contributed by atoms with Crippen LogP contribution in [0.15, 0.2) is 47.4 Å². The number of hydrogen-bond acceptors (Lipinski definition) is 4. The van der Waals surface area contributed by atoms with E-state index >= 15 is 0 Å². The third-order valence-electron chi connectivity index (χ3n) is 3.67. The maximum absolute atomic E-state index is 12.9. The Kier molecular flexibility index (Phi) is 6.79. The number of carbonyl (C=O) groups excluding carboxylic acids is 1. The Bertz CT molecular complexity index is 936. The van der Waals surface area contributed by atoms with Crippen molar-refractivity contribution in [3.05, 3.63) is 59.4 Å². The molecule has 0 bridgehead atoms. The molecular formula is C20H25FN2O4S. The number of rotatable bonds is 7. The first-order valence-corrected chi connectivity index (χ1v) is 10.3. The third-order valence-corrected chi connectivity index (χ3v) is 5.43. The molecule has 0 heterocycles. The smallest absolute Gasteiger partial charge is 0.251 e. The van der Waals surface area contributed by atoms with E-state index in [0.717, 1.165) is 0 Å². The minimum Gasteiger partial charge on any atom is -0.492 e. The van der Waals surface area contributed by atoms with Crippen LogP contribution in [-0.4, -0.2) is 33.0 Å². The summed E-state index contributed by atoms with van der Waals surface area (Å²) in [5, 5.41) is 2.70. The molecule has 0 aliphatic heterocycles. The lowest BCUT2D eigenvalue weighted by Gasteiger charge is -2.20. The molecule has 0 aromatic heterocycles. The Morgan fingerprint density at radius 1 is 1.11 bits per heavy atom. The molecule has 2 aromatic rings. The normalized spacial score (nSPS) is 11.9. The number of halogens is 1. The molecule has 2 rings (SSSR count). The summed E-state index contributed by atoms with van der Waals surface area (Å²) in [6, 6.07) is 10.00. The molecule has 2 N–H and O–H groups in total. The molecule has 2 aromatic carbocycles. The van der Waals surface area contributed by atoms with Crippen LogP contribution in [0.25, 0.3) is 0 Å². The summed E-state index contributed by atoms with van der Waals surface area (Å²) in [5.41, 5.74) is 0.300. The molecule has 0 aliphatic carbocycles. The van der Waals surface area contributed by atoms with E-state index < -0.39 is 21.5 Å². The Balaban J connectivity index is 2.01. The van der Waals surface area contributed by atoms with Gasteiger partial charge in [0.1, 0.15) is 18.2 Å². The van der Waals surface area contributed by atoms with Crippen molar-refractivity contribution >= 4 is 15.9 Å². The van der Waals surface area contributed by atoms with Crippen molar-refractivity contribution in [2.75, 3.05) is 13.2 Å². The van der Waals surface area contributed by atoms with Gasteiger partial charge in [-0.3, -0.25) is 4.79 Å². The molecule has 0 fully saturated rings. The first-order chi connectivity index (χ1) is 13.0. The number of aryl methyl sites for hydroxylation is 1. The van der Waals surface area contributed by atoms with Gasteiger partial charge in [-0.25, -0.2) is 17.5 Å². The fourth-order valence-electron chi connectivity index (χ4n) is 2.43. The topological polar surface area (TPSA) is 84.5 Å². The highest BCUT2D eigenvalue weighted by Gasteiger charge is 2.23. The van der Waals surface area contributed by atoms with Crippen LogP contribution in [0.4, 0.5) is 4.39 Å². The fraction of sp³-hybridized carbons (Fsp3) is 0.350. The van der Waals surface area contributed by atoms with Crippen LogP contribution < -0.4 is 14.8 Å². The van der Waals surface area contributed by atoms with Gasteiger partial charge in [0, 0.05) is 11.1 Å². The highest BCUT2D eigenvalue weighted by atomic mass is 32.2. The van der Waals surface area contributed by atoms with Crippen LogP contribution in [0.2, 0.25) is 0 Å². The van der Waals surface area contributed by atoms with Crippen molar-refractivity contribution in [2.45, 2.75) is 38.1 Å². The summed E-state index contributed by atoms with van der Waals surface area (Å²) >= 11 is 0. The average Bonchev–Trinajstić information content (AvgIpc) is 2.58. The Hall–Kier alpha value is -2.45. The second-order valence-corrected chi connectivity index (χ2v) is 9.07. The van der Waals surface area contributed by atoms with Crippen molar-refractivity contribution in [3.63, 3.8) is 0 Å². The van der Waals surface area contributed by atoms with Gasteiger partial charge in [0.15, 0.2) is 0 Å². The number of nitrogens with one attached hydrogen (secondary N) is 2. The number of hydrogen-bond donors (Lipinski definition) is 2. The molecule has 1 amide bonds. The quantitative estimate of drug-likeness (QED) is 0.690. The molecule has 0 unspecified atom stereocenters. The van der Waals surface area contributed by atoms with Gasteiger partial charge in [-0.15, -0.1) is 0 Å². The van der Waals surface area contributed by atoms with Gasteiger partial charge in [0.2, 0.25) is 10.0 Å². The lowest BCUT2D eigenvalue weighted by atomic mass is 10.1. The highest BCUT2D eigenvalue weighted by molar-refractivity contribution is 7.89. The SMILES string of the molecule is Cc1ccc(S(=O)(=O)NC(C)(C)C)cc1C(=O)NCCOc1ccc(F)cc1. The van der Waals surface area contributed by atoms with Gasteiger partial charge < -0.3 is 10.1 Å². The maximum Gasteiger partial charge on any atom is 0.251 e. The van der Waals surface area contributed by atoms with Gasteiger partial charge in [-0.05, 0) is 69.7 Å². The largest absolute Gasteiger partial charge is 0.492 e. The van der Waals surface area contributed by atoms with Gasteiger partial charge >= 0.3 is 0 Å². The number of amides is 1. The lowest BCUT2D eigenvalue weighted by Crippen LogP contribution is -2.40. The van der Waals surface area contributed by atoms with Crippen molar-refractivity contribution < 1.29 is 22.3 Å². The zero-order valence-corrected chi connectivity index (χ0v) is 17.2. The first-order valence-electron chi connectivity index (χ1n) is 8.79. The monoisotopic (exact) mass is 408 g/mol. The van der Waals surface area contributed by atoms with Crippen LogP contribution in [0, 0.1) is 12.7 Å². The van der Waals surface area contributed by atoms with Crippen molar-refractivity contribution in [1.82, 2.24) is 10.0 Å². The third kappa shape index (κ3) is 6.31. The Labute approximate surface area is 165 Å². The first kappa shape index (κ1) is 21.8. The Morgan fingerprint density at radius 2 is 1.75 bits per heavy atom. The van der Waals surface area contributed by atoms with E-state index in [1.54, 1.807) is 33.8 Å². The Morgan fingerprint density at radius 3 is 2.36 bits per heavy atom. The standard InChI is InChI=1S/C20H25FN2O4S/c1-14-5-10-17(28(25,26)23-20(2,3)4)13-18(14)19(24)22-11-12-27-16-8-6-15(21)7-9-16/h5-10,13,23H,11-12H2,1-4H3,(H,22,24). The van der Waals surface area contributed by atoms with E-state index in [1.165, 1.54) is 36.4 Å². The molecule has 8 heteroatoms. The predicted molar refractivity (Wildman–Crippen MR) is 105 cm³/mol. The van der Waals surface area contributed by atoms with E-state index in [-0.39, 0.29) is 29.4 Å². The predicted octanol–water partition coefficient (Wildman–Crippen LogP) is 3.02. The molecule has 0 radical (unpaired) electrons. The van der Waals surface area contributed by atoms with Crippen LogP contribution in [-0.2, 0) is 10.0 Å². The van der Waals surface area contributed by atoms with Gasteiger partial charge in [-0.2, -0.15) is 0 Å². The highest BCUT2D eigenvalue weighted by Crippen LogP contribution is 2.18. The number of ether oxygens (including phenoxy) is 1. The zero-order valence-electron chi connectivity index (χ0n) is 16.4. The summed E-state index contributed by atoms with van der Waals surface area (Å²) in [7, 11) is -3.74. The lowest BCUT2D eigenvalue weighted by molar-refractivity contribution is 0.0946. The minimum absolute atomic E-state index is 0.0285. The second-order valence-electron chi connectivity index (χ2n) is 7.39. The van der Waals surface area contributed by atoms with E-state index in [4.69, 9.17) is 4.74 Å². The molecule has 0 saturated carbocycles. The summed E-state index contributed by atoms with van der Waals surface area (Å²) in [5.74, 6) is -0.256. The van der Waals surface area contributed by atoms with Gasteiger partial charge in [-0.1, -0.05) is 6.07 Å². The fourth-order valence-corrected chi connectivity index (χ4v) is 3.88. The van der Waals surface area contributed by atoms with E-state index in [9.17, 15) is 17.6 Å².